The Morgan fingerprint density at radius 1 is 0.532 bits per heavy atom. The Morgan fingerprint density at radius 3 is 1.23 bits per heavy atom. The molecule has 18 heteroatoms. The minimum absolute atomic E-state index is 0. The maximum Gasteiger partial charge on any atom is 1.00 e. The minimum Gasteiger partial charge on any atom is -0.390 e. The molecule has 0 saturated carbocycles. The first kappa shape index (κ1) is 50.2. The van der Waals surface area contributed by atoms with Crippen molar-refractivity contribution in [1.82, 2.24) is 60.4 Å². The van der Waals surface area contributed by atoms with Crippen LogP contribution in [0.25, 0.3) is 45.0 Å². The first-order valence-electron chi connectivity index (χ1n) is 19.9. The summed E-state index contributed by atoms with van der Waals surface area (Å²) >= 11 is 12.5. The van der Waals surface area contributed by atoms with Crippen molar-refractivity contribution in [1.29, 1.82) is 0 Å². The van der Waals surface area contributed by atoms with Gasteiger partial charge in [-0.1, -0.05) is 147 Å². The van der Waals surface area contributed by atoms with Crippen LogP contribution < -0.4 is 113 Å². The molecule has 0 radical (unpaired) electrons. The topological polar surface area (TPSA) is 182 Å². The van der Waals surface area contributed by atoms with Gasteiger partial charge in [-0.15, -0.1) is 0 Å². The number of aliphatic hydroxyl groups is 2. The van der Waals surface area contributed by atoms with Crippen molar-refractivity contribution in [3.63, 3.8) is 0 Å². The smallest absolute Gasteiger partial charge is 0.390 e. The molecule has 4 aromatic carbocycles. The predicted molar refractivity (Wildman–Crippen MR) is 230 cm³/mol. The second kappa shape index (κ2) is 25.1. The van der Waals surface area contributed by atoms with E-state index in [-0.39, 0.29) is 116 Å². The van der Waals surface area contributed by atoms with Gasteiger partial charge in [0.1, 0.15) is 11.6 Å². The van der Waals surface area contributed by atoms with E-state index in [1.165, 1.54) is 0 Å². The van der Waals surface area contributed by atoms with E-state index in [0.717, 1.165) is 94.7 Å². The standard InChI is InChI=1S/2C22H22ClN6O.2K/c2*1-2-3-8-20-24-21(23)19(14-30)29(20)13-15-9-11-16(12-10-15)17-6-4-5-7-18(17)22-25-27-28-26-22;;/h2*4-7,9-12,30H,2-3,8,13-14H2,1H3;;/q2*-1;2*+1. The summed E-state index contributed by atoms with van der Waals surface area (Å²) < 4.78 is 4.05. The van der Waals surface area contributed by atoms with Gasteiger partial charge in [-0.25, -0.2) is 9.97 Å². The van der Waals surface area contributed by atoms with E-state index in [1.54, 1.807) is 0 Å². The van der Waals surface area contributed by atoms with Crippen molar-refractivity contribution in [3.05, 3.63) is 142 Å². The fourth-order valence-electron chi connectivity index (χ4n) is 7.05. The number of aliphatic hydroxyl groups excluding tert-OH is 2. The summed E-state index contributed by atoms with van der Waals surface area (Å²) in [5, 5.41) is 50.6. The SMILES string of the molecule is CCCCc1nc(Cl)c(CO)n1Cc1ccc(-c2ccccc2-c2nnn[n-]2)cc1.CCCCc1nc(Cl)c(CO)n1Cc1ccc(-c2ccccc2-c2nnn[n-]2)cc1.[K+].[K+]. The van der Waals surface area contributed by atoms with Gasteiger partial charge in [0.2, 0.25) is 0 Å². The molecule has 0 aliphatic rings. The molecule has 0 saturated heterocycles. The molecular weight excluding hydrogens is 878 g/mol. The molecule has 0 aliphatic heterocycles. The molecular formula is C44H44Cl2K2N12O2. The first-order chi connectivity index (χ1) is 29.4. The number of nitrogens with zero attached hydrogens (tertiary/aromatic N) is 12. The molecule has 0 atom stereocenters. The number of imidazole rings is 2. The Kier molecular flexibility index (Phi) is 20.3. The number of rotatable bonds is 16. The summed E-state index contributed by atoms with van der Waals surface area (Å²) in [5.41, 5.74) is 9.44. The first-order valence-corrected chi connectivity index (χ1v) is 20.6. The van der Waals surface area contributed by atoms with Gasteiger partial charge >= 0.3 is 103 Å². The third-order valence-corrected chi connectivity index (χ3v) is 10.8. The zero-order chi connectivity index (χ0) is 41.8. The van der Waals surface area contributed by atoms with Crippen molar-refractivity contribution >= 4 is 23.2 Å². The summed E-state index contributed by atoms with van der Waals surface area (Å²) in [7, 11) is 0. The Labute approximate surface area is 455 Å². The van der Waals surface area contributed by atoms with Crippen LogP contribution >= 0.6 is 23.2 Å². The van der Waals surface area contributed by atoms with Gasteiger partial charge in [0, 0.05) is 37.6 Å². The number of tetrazole rings is 2. The number of halogens is 2. The van der Waals surface area contributed by atoms with Gasteiger partial charge in [-0.05, 0) is 57.3 Å². The number of aryl methyl sites for hydroxylation is 2. The Bertz CT molecular complexity index is 2400. The van der Waals surface area contributed by atoms with Crippen LogP contribution in [0.15, 0.2) is 97.1 Å². The Hall–Kier alpha value is -2.79. The molecule has 0 fully saturated rings. The van der Waals surface area contributed by atoms with Crippen LogP contribution in [0.2, 0.25) is 10.3 Å². The fraction of sp³-hybridized carbons (Fsp3) is 0.273. The van der Waals surface area contributed by atoms with Gasteiger partial charge in [-0.3, -0.25) is 20.6 Å². The fourth-order valence-corrected chi connectivity index (χ4v) is 7.56. The molecule has 0 unspecified atom stereocenters. The average Bonchev–Trinajstić information content (AvgIpc) is 4.12. The molecule has 4 aromatic heterocycles. The van der Waals surface area contributed by atoms with Crippen LogP contribution in [0.1, 0.15) is 73.7 Å². The van der Waals surface area contributed by atoms with Crippen molar-refractivity contribution in [2.24, 2.45) is 0 Å². The molecule has 0 spiro atoms. The van der Waals surface area contributed by atoms with Crippen LogP contribution in [0.3, 0.4) is 0 Å². The average molecular weight is 922 g/mol. The largest absolute Gasteiger partial charge is 1.00 e. The third-order valence-electron chi connectivity index (χ3n) is 10.2. The van der Waals surface area contributed by atoms with Crippen LogP contribution in [0.4, 0.5) is 0 Å². The van der Waals surface area contributed by atoms with Crippen LogP contribution in [-0.4, -0.2) is 60.4 Å². The van der Waals surface area contributed by atoms with Gasteiger partial charge in [0.25, 0.3) is 0 Å². The molecule has 8 aromatic rings. The number of hydrogen-bond donors (Lipinski definition) is 2. The number of hydrogen-bond acceptors (Lipinski definition) is 10. The third kappa shape index (κ3) is 12.3. The maximum absolute atomic E-state index is 9.76. The summed E-state index contributed by atoms with van der Waals surface area (Å²) in [5.74, 6) is 2.84. The predicted octanol–water partition coefficient (Wildman–Crippen LogP) is 1.80. The monoisotopic (exact) mass is 920 g/mol. The van der Waals surface area contributed by atoms with Crippen LogP contribution in [0.5, 0.6) is 0 Å². The maximum atomic E-state index is 9.76. The number of aromatic nitrogens is 12. The van der Waals surface area contributed by atoms with E-state index in [1.807, 2.05) is 57.7 Å². The molecule has 0 aliphatic carbocycles. The molecule has 308 valence electrons. The number of benzene rings is 4. The van der Waals surface area contributed by atoms with Crippen LogP contribution in [0, 0.1) is 0 Å². The van der Waals surface area contributed by atoms with E-state index in [0.29, 0.717) is 46.4 Å². The normalized spacial score (nSPS) is 10.8. The van der Waals surface area contributed by atoms with Gasteiger partial charge in [0.05, 0.1) is 24.6 Å². The van der Waals surface area contributed by atoms with E-state index in [4.69, 9.17) is 23.2 Å². The van der Waals surface area contributed by atoms with Crippen LogP contribution in [-0.2, 0) is 39.1 Å². The molecule has 0 amide bonds. The van der Waals surface area contributed by atoms with Gasteiger partial charge in [-0.2, -0.15) is 10.4 Å². The quantitative estimate of drug-likeness (QED) is 0.135. The van der Waals surface area contributed by atoms with Crippen molar-refractivity contribution in [3.8, 4) is 45.0 Å². The van der Waals surface area contributed by atoms with Gasteiger partial charge in [0.15, 0.2) is 10.3 Å². The summed E-state index contributed by atoms with van der Waals surface area (Å²) in [6.45, 7) is 5.24. The number of unbranched alkanes of at least 4 members (excludes halogenated alkanes) is 2. The summed E-state index contributed by atoms with van der Waals surface area (Å²) in [4.78, 5) is 8.93. The van der Waals surface area contributed by atoms with E-state index in [2.05, 4.69) is 114 Å². The van der Waals surface area contributed by atoms with E-state index >= 15 is 0 Å². The van der Waals surface area contributed by atoms with E-state index < -0.39 is 0 Å². The Morgan fingerprint density at radius 2 is 0.903 bits per heavy atom. The molecule has 2 N–H and O–H groups in total. The molecule has 4 heterocycles. The van der Waals surface area contributed by atoms with Crippen molar-refractivity contribution < 1.29 is 113 Å². The molecule has 0 bridgehead atoms. The molecule has 62 heavy (non-hydrogen) atoms. The van der Waals surface area contributed by atoms with E-state index in [9.17, 15) is 10.2 Å². The zero-order valence-electron chi connectivity index (χ0n) is 35.3. The zero-order valence-corrected chi connectivity index (χ0v) is 43.1. The second-order valence-corrected chi connectivity index (χ2v) is 14.8. The Balaban J connectivity index is 0.000000227. The molecule has 8 rings (SSSR count). The van der Waals surface area contributed by atoms with Crippen molar-refractivity contribution in [2.45, 2.75) is 78.7 Å². The summed E-state index contributed by atoms with van der Waals surface area (Å²) in [6, 6.07) is 32.4. The minimum atomic E-state index is -0.134. The molecule has 14 nitrogen and oxygen atoms in total. The van der Waals surface area contributed by atoms with Crippen molar-refractivity contribution in [2.75, 3.05) is 0 Å². The van der Waals surface area contributed by atoms with Gasteiger partial charge < -0.3 is 29.5 Å². The second-order valence-electron chi connectivity index (χ2n) is 14.1. The summed E-state index contributed by atoms with van der Waals surface area (Å²) in [6.07, 6.45) is 5.88.